The molecule has 4 N–H and O–H groups in total. The summed E-state index contributed by atoms with van der Waals surface area (Å²) in [6, 6.07) is 8.63. The lowest BCUT2D eigenvalue weighted by Gasteiger charge is -2.09. The van der Waals surface area contributed by atoms with Crippen LogP contribution in [-0.2, 0) is 6.54 Å². The minimum Gasteiger partial charge on any atom is -0.467 e. The van der Waals surface area contributed by atoms with E-state index in [0.717, 1.165) is 5.56 Å². The molecule has 1 aromatic heterocycles. The number of hydrogen-bond donors (Lipinski definition) is 3. The van der Waals surface area contributed by atoms with Crippen LogP contribution >= 0.6 is 0 Å². The summed E-state index contributed by atoms with van der Waals surface area (Å²) in [5.74, 6) is 6.49. The Balaban J connectivity index is 2.05. The molecule has 0 aliphatic rings. The number of ether oxygens (including phenoxy) is 1. The third-order valence-corrected chi connectivity index (χ3v) is 3.02. The molecule has 21 heavy (non-hydrogen) atoms. The van der Waals surface area contributed by atoms with E-state index in [0.29, 0.717) is 18.4 Å². The summed E-state index contributed by atoms with van der Waals surface area (Å²) in [5.41, 5.74) is 4.83. The van der Waals surface area contributed by atoms with Crippen LogP contribution in [0.15, 0.2) is 24.3 Å². The Kier molecular flexibility index (Phi) is 4.89. The van der Waals surface area contributed by atoms with E-state index in [1.54, 1.807) is 0 Å². The van der Waals surface area contributed by atoms with Gasteiger partial charge in [0.05, 0.1) is 7.11 Å². The first-order valence-corrected chi connectivity index (χ1v) is 6.71. The van der Waals surface area contributed by atoms with Crippen LogP contribution in [0.25, 0.3) is 0 Å². The Morgan fingerprint density at radius 3 is 2.33 bits per heavy atom. The maximum atomic E-state index is 5.31. The van der Waals surface area contributed by atoms with Crippen molar-refractivity contribution in [2.75, 3.05) is 17.9 Å². The maximum Gasteiger partial charge on any atom is 0.322 e. The van der Waals surface area contributed by atoms with Gasteiger partial charge in [0.25, 0.3) is 0 Å². The highest BCUT2D eigenvalue weighted by atomic mass is 16.5. The first-order valence-electron chi connectivity index (χ1n) is 6.71. The van der Waals surface area contributed by atoms with Crippen LogP contribution in [-0.4, -0.2) is 22.1 Å². The quantitative estimate of drug-likeness (QED) is 0.551. The Morgan fingerprint density at radius 2 is 1.76 bits per heavy atom. The van der Waals surface area contributed by atoms with Crippen molar-refractivity contribution in [1.29, 1.82) is 0 Å². The van der Waals surface area contributed by atoms with Gasteiger partial charge in [0, 0.05) is 6.54 Å². The second-order valence-corrected chi connectivity index (χ2v) is 4.86. The molecule has 7 heteroatoms. The fourth-order valence-corrected chi connectivity index (χ4v) is 1.79. The van der Waals surface area contributed by atoms with E-state index in [-0.39, 0.29) is 12.0 Å². The number of hydrogen-bond acceptors (Lipinski definition) is 7. The zero-order valence-electron chi connectivity index (χ0n) is 12.4. The summed E-state index contributed by atoms with van der Waals surface area (Å²) < 4.78 is 4.99. The highest BCUT2D eigenvalue weighted by Gasteiger charge is 2.06. The normalized spacial score (nSPS) is 10.5. The smallest absolute Gasteiger partial charge is 0.322 e. The van der Waals surface area contributed by atoms with Crippen molar-refractivity contribution in [2.24, 2.45) is 5.84 Å². The predicted molar refractivity (Wildman–Crippen MR) is 82.0 cm³/mol. The molecule has 112 valence electrons. The number of nitrogens with two attached hydrogens (primary N) is 1. The topological polar surface area (TPSA) is 98.0 Å². The van der Waals surface area contributed by atoms with Crippen molar-refractivity contribution >= 4 is 11.9 Å². The Labute approximate surface area is 123 Å². The molecule has 0 radical (unpaired) electrons. The van der Waals surface area contributed by atoms with Gasteiger partial charge in [-0.15, -0.1) is 0 Å². The van der Waals surface area contributed by atoms with Crippen LogP contribution in [0.5, 0.6) is 6.01 Å². The molecule has 0 aliphatic carbocycles. The van der Waals surface area contributed by atoms with Gasteiger partial charge >= 0.3 is 6.01 Å². The number of hydrazine groups is 1. The zero-order chi connectivity index (χ0) is 15.2. The predicted octanol–water partition coefficient (Wildman–Crippen LogP) is 1.90. The first kappa shape index (κ1) is 15.0. The van der Waals surface area contributed by atoms with Gasteiger partial charge < -0.3 is 10.1 Å². The molecule has 0 bridgehead atoms. The Bertz CT molecular complexity index is 562. The first-order chi connectivity index (χ1) is 10.1. The van der Waals surface area contributed by atoms with Crippen molar-refractivity contribution in [3.63, 3.8) is 0 Å². The number of nitrogens with one attached hydrogen (secondary N) is 2. The number of methoxy groups -OCH3 is 1. The van der Waals surface area contributed by atoms with Crippen LogP contribution in [0, 0.1) is 0 Å². The van der Waals surface area contributed by atoms with E-state index in [9.17, 15) is 0 Å². The number of nitrogens with zero attached hydrogens (tertiary/aromatic N) is 3. The molecular weight excluding hydrogens is 268 g/mol. The van der Waals surface area contributed by atoms with Crippen LogP contribution in [0.3, 0.4) is 0 Å². The number of nitrogen functional groups attached to an aromatic ring is 1. The maximum absolute atomic E-state index is 5.31. The average Bonchev–Trinajstić information content (AvgIpc) is 2.52. The summed E-state index contributed by atoms with van der Waals surface area (Å²) in [4.78, 5) is 12.2. The summed E-state index contributed by atoms with van der Waals surface area (Å²) in [6.45, 7) is 4.95. The van der Waals surface area contributed by atoms with Crippen LogP contribution < -0.4 is 21.3 Å². The molecular formula is C14H20N6O. The van der Waals surface area contributed by atoms with Crippen LogP contribution in [0.2, 0.25) is 0 Å². The molecule has 0 unspecified atom stereocenters. The second-order valence-electron chi connectivity index (χ2n) is 4.86. The summed E-state index contributed by atoms with van der Waals surface area (Å²) >= 11 is 0. The highest BCUT2D eigenvalue weighted by molar-refractivity contribution is 5.36. The van der Waals surface area contributed by atoms with E-state index >= 15 is 0 Å². The molecule has 0 spiro atoms. The fourth-order valence-electron chi connectivity index (χ4n) is 1.79. The summed E-state index contributed by atoms with van der Waals surface area (Å²) in [7, 11) is 1.49. The molecule has 2 rings (SSSR count). The third kappa shape index (κ3) is 4.03. The molecule has 7 nitrogen and oxygen atoms in total. The van der Waals surface area contributed by atoms with Gasteiger partial charge in [-0.3, -0.25) is 5.43 Å². The standard InChI is InChI=1S/C14H20N6O/c1-9(2)11-6-4-10(5-7-11)8-16-12-17-13(20-15)19-14(18-12)21-3/h4-7,9H,8,15H2,1-3H3,(H2,16,17,18,19,20). The molecule has 0 saturated carbocycles. The van der Waals surface area contributed by atoms with Crippen molar-refractivity contribution in [1.82, 2.24) is 15.0 Å². The molecule has 0 aliphatic heterocycles. The summed E-state index contributed by atoms with van der Waals surface area (Å²) in [6.07, 6.45) is 0. The Morgan fingerprint density at radius 1 is 1.10 bits per heavy atom. The van der Waals surface area contributed by atoms with Gasteiger partial charge in [0.1, 0.15) is 0 Å². The number of anilines is 2. The Hall–Kier alpha value is -2.41. The number of benzene rings is 1. The molecule has 0 atom stereocenters. The second kappa shape index (κ2) is 6.85. The number of aromatic nitrogens is 3. The van der Waals surface area contributed by atoms with E-state index in [1.807, 2.05) is 0 Å². The van der Waals surface area contributed by atoms with Gasteiger partial charge in [0.15, 0.2) is 0 Å². The van der Waals surface area contributed by atoms with Crippen molar-refractivity contribution in [2.45, 2.75) is 26.3 Å². The number of rotatable bonds is 6. The van der Waals surface area contributed by atoms with E-state index in [4.69, 9.17) is 10.6 Å². The van der Waals surface area contributed by atoms with E-state index in [1.165, 1.54) is 12.7 Å². The van der Waals surface area contributed by atoms with E-state index < -0.39 is 0 Å². The van der Waals surface area contributed by atoms with Crippen LogP contribution in [0.4, 0.5) is 11.9 Å². The molecule has 1 heterocycles. The molecule has 2 aromatic rings. The third-order valence-electron chi connectivity index (χ3n) is 3.02. The highest BCUT2D eigenvalue weighted by Crippen LogP contribution is 2.16. The molecule has 0 amide bonds. The van der Waals surface area contributed by atoms with Gasteiger partial charge in [-0.2, -0.15) is 15.0 Å². The minimum absolute atomic E-state index is 0.204. The SMILES string of the molecule is COc1nc(NN)nc(NCc2ccc(C(C)C)cc2)n1. The van der Waals surface area contributed by atoms with E-state index in [2.05, 4.69) is 63.8 Å². The molecule has 0 fully saturated rings. The van der Waals surface area contributed by atoms with Gasteiger partial charge in [-0.1, -0.05) is 38.1 Å². The average molecular weight is 288 g/mol. The van der Waals surface area contributed by atoms with Crippen molar-refractivity contribution in [3.8, 4) is 6.01 Å². The lowest BCUT2D eigenvalue weighted by molar-refractivity contribution is 0.379. The van der Waals surface area contributed by atoms with Crippen LogP contribution in [0.1, 0.15) is 30.9 Å². The monoisotopic (exact) mass is 288 g/mol. The zero-order valence-corrected chi connectivity index (χ0v) is 12.4. The summed E-state index contributed by atoms with van der Waals surface area (Å²) in [5, 5.41) is 3.12. The van der Waals surface area contributed by atoms with Crippen molar-refractivity contribution < 1.29 is 4.74 Å². The lowest BCUT2D eigenvalue weighted by atomic mass is 10.0. The fraction of sp³-hybridized carbons (Fsp3) is 0.357. The molecule has 1 aromatic carbocycles. The minimum atomic E-state index is 0.204. The van der Waals surface area contributed by atoms with Gasteiger partial charge in [-0.25, -0.2) is 5.84 Å². The lowest BCUT2D eigenvalue weighted by Crippen LogP contribution is -2.14. The van der Waals surface area contributed by atoms with Gasteiger partial charge in [0.2, 0.25) is 11.9 Å². The largest absolute Gasteiger partial charge is 0.467 e. The molecule has 0 saturated heterocycles. The van der Waals surface area contributed by atoms with Gasteiger partial charge in [-0.05, 0) is 17.0 Å². The van der Waals surface area contributed by atoms with Crippen molar-refractivity contribution in [3.05, 3.63) is 35.4 Å².